The van der Waals surface area contributed by atoms with E-state index in [0.29, 0.717) is 0 Å². The predicted octanol–water partition coefficient (Wildman–Crippen LogP) is 3.29. The van der Waals surface area contributed by atoms with E-state index in [1.807, 2.05) is 24.8 Å². The molecule has 0 saturated heterocycles. The highest BCUT2D eigenvalue weighted by atomic mass is 127. The molecule has 21 heavy (non-hydrogen) atoms. The summed E-state index contributed by atoms with van der Waals surface area (Å²) in [4.78, 5) is 4.51. The molecule has 0 radical (unpaired) electrons. The van der Waals surface area contributed by atoms with Gasteiger partial charge in [-0.25, -0.2) is 4.39 Å². The predicted molar refractivity (Wildman–Crippen MR) is 102 cm³/mol. The zero-order valence-corrected chi connectivity index (χ0v) is 15.8. The summed E-state index contributed by atoms with van der Waals surface area (Å²) in [7, 11) is 0. The van der Waals surface area contributed by atoms with Gasteiger partial charge < -0.3 is 10.6 Å². The molecule has 0 amide bonds. The molecule has 0 aliphatic carbocycles. The minimum atomic E-state index is -0.180. The molecule has 1 aromatic rings. The van der Waals surface area contributed by atoms with Gasteiger partial charge in [-0.3, -0.25) is 4.99 Å². The number of hydrogen-bond donors (Lipinski definition) is 2. The Morgan fingerprint density at radius 3 is 2.81 bits per heavy atom. The Balaban J connectivity index is 0.00000400. The summed E-state index contributed by atoms with van der Waals surface area (Å²) in [6, 6.07) is 6.72. The molecular formula is C15H25FIN3S. The van der Waals surface area contributed by atoms with E-state index in [0.717, 1.165) is 49.8 Å². The molecule has 0 bridgehead atoms. The van der Waals surface area contributed by atoms with Crippen LogP contribution in [0, 0.1) is 5.82 Å². The van der Waals surface area contributed by atoms with E-state index in [4.69, 9.17) is 0 Å². The molecule has 6 heteroatoms. The van der Waals surface area contributed by atoms with Crippen molar-refractivity contribution in [2.45, 2.75) is 19.8 Å². The Bertz CT molecular complexity index is 416. The zero-order chi connectivity index (χ0) is 14.6. The van der Waals surface area contributed by atoms with Crippen LogP contribution < -0.4 is 10.6 Å². The van der Waals surface area contributed by atoms with Crippen LogP contribution >= 0.6 is 35.7 Å². The first-order valence-corrected chi connectivity index (χ1v) is 8.41. The number of nitrogens with one attached hydrogen (secondary N) is 2. The smallest absolute Gasteiger partial charge is 0.191 e. The van der Waals surface area contributed by atoms with Crippen molar-refractivity contribution in [2.75, 3.05) is 31.6 Å². The topological polar surface area (TPSA) is 36.4 Å². The van der Waals surface area contributed by atoms with Crippen LogP contribution in [0.4, 0.5) is 4.39 Å². The maximum Gasteiger partial charge on any atom is 0.191 e. The van der Waals surface area contributed by atoms with E-state index in [1.54, 1.807) is 12.1 Å². The largest absolute Gasteiger partial charge is 0.357 e. The van der Waals surface area contributed by atoms with Gasteiger partial charge in [-0.2, -0.15) is 11.8 Å². The summed E-state index contributed by atoms with van der Waals surface area (Å²) in [5.41, 5.74) is 0.996. The fourth-order valence-electron chi connectivity index (χ4n) is 1.76. The molecule has 0 spiro atoms. The van der Waals surface area contributed by atoms with Gasteiger partial charge >= 0.3 is 0 Å². The number of rotatable bonds is 8. The summed E-state index contributed by atoms with van der Waals surface area (Å²) in [5.74, 6) is 1.79. The zero-order valence-electron chi connectivity index (χ0n) is 12.7. The molecule has 0 saturated carbocycles. The van der Waals surface area contributed by atoms with Crippen molar-refractivity contribution in [1.29, 1.82) is 0 Å². The van der Waals surface area contributed by atoms with E-state index in [-0.39, 0.29) is 29.8 Å². The fraction of sp³-hybridized carbons (Fsp3) is 0.533. The second-order valence-electron chi connectivity index (χ2n) is 4.41. The second-order valence-corrected chi connectivity index (χ2v) is 5.40. The van der Waals surface area contributed by atoms with Crippen molar-refractivity contribution in [3.63, 3.8) is 0 Å². The Morgan fingerprint density at radius 1 is 1.33 bits per heavy atom. The summed E-state index contributed by atoms with van der Waals surface area (Å²) in [6.07, 6.45) is 3.97. The van der Waals surface area contributed by atoms with Crippen LogP contribution in [0.25, 0.3) is 0 Å². The lowest BCUT2D eigenvalue weighted by Gasteiger charge is -2.11. The number of thioether (sulfide) groups is 1. The second kappa shape index (κ2) is 13.2. The van der Waals surface area contributed by atoms with Crippen molar-refractivity contribution in [3.05, 3.63) is 35.6 Å². The Kier molecular flexibility index (Phi) is 12.9. The molecular weight excluding hydrogens is 400 g/mol. The van der Waals surface area contributed by atoms with E-state index < -0.39 is 0 Å². The highest BCUT2D eigenvalue weighted by Gasteiger charge is 1.98. The molecule has 1 rings (SSSR count). The highest BCUT2D eigenvalue weighted by Crippen LogP contribution is 2.03. The number of aliphatic imine (C=N–C) groups is 1. The van der Waals surface area contributed by atoms with Crippen LogP contribution in [0.5, 0.6) is 0 Å². The Labute approximate surface area is 148 Å². The standard InChI is InChI=1S/C15H24FN3S.HI/c1-3-17-15(18-9-5-11-20-2)19-10-8-13-6-4-7-14(16)12-13;/h4,6-7,12H,3,5,8-11H2,1-2H3,(H2,17,18,19);1H. The van der Waals surface area contributed by atoms with Crippen molar-refractivity contribution >= 4 is 41.7 Å². The highest BCUT2D eigenvalue weighted by molar-refractivity contribution is 14.0. The average Bonchev–Trinajstić information content (AvgIpc) is 2.43. The molecule has 120 valence electrons. The molecule has 2 N–H and O–H groups in total. The van der Waals surface area contributed by atoms with Crippen LogP contribution in [0.2, 0.25) is 0 Å². The molecule has 0 unspecified atom stereocenters. The van der Waals surface area contributed by atoms with E-state index in [9.17, 15) is 4.39 Å². The average molecular weight is 425 g/mol. The van der Waals surface area contributed by atoms with Gasteiger partial charge in [0.25, 0.3) is 0 Å². The van der Waals surface area contributed by atoms with E-state index in [1.165, 1.54) is 6.07 Å². The maximum atomic E-state index is 13.1. The van der Waals surface area contributed by atoms with Gasteiger partial charge in [0.1, 0.15) is 5.82 Å². The summed E-state index contributed by atoms with van der Waals surface area (Å²) < 4.78 is 13.1. The number of nitrogens with zero attached hydrogens (tertiary/aromatic N) is 1. The SMILES string of the molecule is CCNC(=NCCCSC)NCCc1cccc(F)c1.I. The molecule has 0 aliphatic rings. The third-order valence-corrected chi connectivity index (χ3v) is 3.41. The van der Waals surface area contributed by atoms with Crippen LogP contribution in [-0.2, 0) is 6.42 Å². The van der Waals surface area contributed by atoms with Gasteiger partial charge in [-0.1, -0.05) is 12.1 Å². The van der Waals surface area contributed by atoms with Gasteiger partial charge in [0.2, 0.25) is 0 Å². The lowest BCUT2D eigenvalue weighted by molar-refractivity contribution is 0.625. The van der Waals surface area contributed by atoms with E-state index >= 15 is 0 Å². The van der Waals surface area contributed by atoms with Crippen molar-refractivity contribution in [1.82, 2.24) is 10.6 Å². The van der Waals surface area contributed by atoms with Crippen molar-refractivity contribution in [3.8, 4) is 0 Å². The fourth-order valence-corrected chi connectivity index (χ4v) is 2.18. The maximum absolute atomic E-state index is 13.1. The van der Waals surface area contributed by atoms with Gasteiger partial charge in [-0.15, -0.1) is 24.0 Å². The lowest BCUT2D eigenvalue weighted by atomic mass is 10.1. The first-order valence-electron chi connectivity index (χ1n) is 7.01. The Hall–Kier alpha value is -0.500. The number of benzene rings is 1. The lowest BCUT2D eigenvalue weighted by Crippen LogP contribution is -2.38. The van der Waals surface area contributed by atoms with Gasteiger partial charge in [0, 0.05) is 19.6 Å². The number of halogens is 2. The third-order valence-electron chi connectivity index (χ3n) is 2.72. The third kappa shape index (κ3) is 9.95. The minimum absolute atomic E-state index is 0. The first kappa shape index (κ1) is 20.5. The molecule has 0 aromatic heterocycles. The number of guanidine groups is 1. The van der Waals surface area contributed by atoms with Crippen LogP contribution in [0.3, 0.4) is 0 Å². The molecule has 0 atom stereocenters. The van der Waals surface area contributed by atoms with Crippen molar-refractivity contribution < 1.29 is 4.39 Å². The molecule has 0 heterocycles. The Morgan fingerprint density at radius 2 is 2.14 bits per heavy atom. The minimum Gasteiger partial charge on any atom is -0.357 e. The summed E-state index contributed by atoms with van der Waals surface area (Å²) in [6.45, 7) is 4.47. The van der Waals surface area contributed by atoms with Gasteiger partial charge in [-0.05, 0) is 49.5 Å². The van der Waals surface area contributed by atoms with Gasteiger partial charge in [0.15, 0.2) is 5.96 Å². The van der Waals surface area contributed by atoms with Crippen LogP contribution in [-0.4, -0.2) is 37.6 Å². The quantitative estimate of drug-likeness (QED) is 0.291. The number of hydrogen-bond acceptors (Lipinski definition) is 2. The molecule has 0 fully saturated rings. The van der Waals surface area contributed by atoms with Crippen molar-refractivity contribution in [2.24, 2.45) is 4.99 Å². The van der Waals surface area contributed by atoms with E-state index in [2.05, 4.69) is 21.9 Å². The van der Waals surface area contributed by atoms with Crippen LogP contribution in [0.1, 0.15) is 18.9 Å². The first-order chi connectivity index (χ1) is 9.76. The van der Waals surface area contributed by atoms with Crippen LogP contribution in [0.15, 0.2) is 29.3 Å². The molecule has 1 aromatic carbocycles. The monoisotopic (exact) mass is 425 g/mol. The normalized spacial score (nSPS) is 10.9. The summed E-state index contributed by atoms with van der Waals surface area (Å²) in [5, 5.41) is 6.49. The summed E-state index contributed by atoms with van der Waals surface area (Å²) >= 11 is 1.84. The van der Waals surface area contributed by atoms with Gasteiger partial charge in [0.05, 0.1) is 0 Å². The molecule has 0 aliphatic heterocycles. The molecule has 3 nitrogen and oxygen atoms in total.